The number of benzene rings is 1. The van der Waals surface area contributed by atoms with Gasteiger partial charge in [0.15, 0.2) is 0 Å². The zero-order valence-electron chi connectivity index (χ0n) is 12.5. The van der Waals surface area contributed by atoms with E-state index in [1.807, 2.05) is 6.07 Å². The van der Waals surface area contributed by atoms with E-state index < -0.39 is 0 Å². The molecule has 0 saturated carbocycles. The molecule has 1 aliphatic rings. The van der Waals surface area contributed by atoms with Crippen LogP contribution >= 0.6 is 12.4 Å². The van der Waals surface area contributed by atoms with E-state index >= 15 is 0 Å². The fourth-order valence-electron chi connectivity index (χ4n) is 2.65. The molecule has 2 atom stereocenters. The lowest BCUT2D eigenvalue weighted by atomic mass is 10.0. The fourth-order valence-corrected chi connectivity index (χ4v) is 2.65. The third-order valence-corrected chi connectivity index (χ3v) is 3.83. The molecule has 20 heavy (non-hydrogen) atoms. The molecular formula is C16H27ClN2O. The summed E-state index contributed by atoms with van der Waals surface area (Å²) in [6, 6.07) is 8.77. The molecule has 3 nitrogen and oxygen atoms in total. The van der Waals surface area contributed by atoms with Crippen LogP contribution in [0.2, 0.25) is 0 Å². The molecule has 0 amide bonds. The van der Waals surface area contributed by atoms with Gasteiger partial charge < -0.3 is 10.5 Å². The van der Waals surface area contributed by atoms with Crippen LogP contribution in [0.15, 0.2) is 24.3 Å². The number of hydrogen-bond donors (Lipinski definition) is 1. The van der Waals surface area contributed by atoms with E-state index in [0.717, 1.165) is 38.4 Å². The van der Waals surface area contributed by atoms with Crippen LogP contribution < -0.4 is 10.5 Å². The van der Waals surface area contributed by atoms with Crippen molar-refractivity contribution in [3.05, 3.63) is 29.8 Å². The number of nitrogens with zero attached hydrogens (tertiary/aromatic N) is 1. The minimum absolute atomic E-state index is 0. The molecule has 1 aromatic carbocycles. The Bertz CT molecular complexity index is 398. The van der Waals surface area contributed by atoms with E-state index in [-0.39, 0.29) is 12.4 Å². The lowest BCUT2D eigenvalue weighted by molar-refractivity contribution is 0.303. The van der Waals surface area contributed by atoms with Crippen LogP contribution in [0, 0.1) is 5.92 Å². The molecule has 2 unspecified atom stereocenters. The number of nitrogens with two attached hydrogens (primary N) is 1. The van der Waals surface area contributed by atoms with Crippen LogP contribution in [0.25, 0.3) is 0 Å². The van der Waals surface area contributed by atoms with Crippen LogP contribution in [0.1, 0.15) is 32.3 Å². The summed E-state index contributed by atoms with van der Waals surface area (Å²) < 4.78 is 5.68. The SMILES string of the molecule is CCCOc1cccc(CN2CCC(C(C)N)C2)c1.Cl. The molecule has 1 saturated heterocycles. The Hall–Kier alpha value is -0.770. The summed E-state index contributed by atoms with van der Waals surface area (Å²) >= 11 is 0. The first-order chi connectivity index (χ1) is 9.19. The van der Waals surface area contributed by atoms with Gasteiger partial charge in [-0.05, 0) is 49.9 Å². The second kappa shape index (κ2) is 8.50. The normalized spacial score (nSPS) is 20.4. The molecule has 1 heterocycles. The maximum Gasteiger partial charge on any atom is 0.119 e. The first-order valence-corrected chi connectivity index (χ1v) is 7.38. The highest BCUT2D eigenvalue weighted by Crippen LogP contribution is 2.22. The Balaban J connectivity index is 0.00000200. The highest BCUT2D eigenvalue weighted by Gasteiger charge is 2.24. The van der Waals surface area contributed by atoms with Gasteiger partial charge in [-0.1, -0.05) is 19.1 Å². The molecule has 4 heteroatoms. The van der Waals surface area contributed by atoms with Crippen molar-refractivity contribution in [2.24, 2.45) is 11.7 Å². The van der Waals surface area contributed by atoms with E-state index in [4.69, 9.17) is 10.5 Å². The number of ether oxygens (including phenoxy) is 1. The van der Waals surface area contributed by atoms with Crippen molar-refractivity contribution in [1.82, 2.24) is 4.90 Å². The lowest BCUT2D eigenvalue weighted by Gasteiger charge is -2.18. The highest BCUT2D eigenvalue weighted by atomic mass is 35.5. The van der Waals surface area contributed by atoms with Crippen LogP contribution in [0.4, 0.5) is 0 Å². The number of halogens is 1. The predicted molar refractivity (Wildman–Crippen MR) is 86.5 cm³/mol. The minimum Gasteiger partial charge on any atom is -0.494 e. The maximum atomic E-state index is 5.99. The standard InChI is InChI=1S/C16H26N2O.ClH/c1-3-9-19-16-6-4-5-14(10-16)11-18-8-7-15(12-18)13(2)17;/h4-6,10,13,15H,3,7-9,11-12,17H2,1-2H3;1H. The van der Waals surface area contributed by atoms with E-state index in [2.05, 4.69) is 36.9 Å². The third kappa shape index (κ3) is 4.97. The second-order valence-electron chi connectivity index (χ2n) is 5.64. The Morgan fingerprint density at radius 2 is 2.25 bits per heavy atom. The van der Waals surface area contributed by atoms with Crippen molar-refractivity contribution in [2.45, 2.75) is 39.3 Å². The largest absolute Gasteiger partial charge is 0.494 e. The Morgan fingerprint density at radius 3 is 2.90 bits per heavy atom. The van der Waals surface area contributed by atoms with Crippen molar-refractivity contribution in [1.29, 1.82) is 0 Å². The van der Waals surface area contributed by atoms with Gasteiger partial charge in [-0.2, -0.15) is 0 Å². The molecule has 1 aliphatic heterocycles. The van der Waals surface area contributed by atoms with E-state index in [1.165, 1.54) is 12.0 Å². The minimum atomic E-state index is 0. The van der Waals surface area contributed by atoms with Gasteiger partial charge in [-0.3, -0.25) is 4.90 Å². The molecule has 1 fully saturated rings. The second-order valence-corrected chi connectivity index (χ2v) is 5.64. The number of likely N-dealkylation sites (tertiary alicyclic amines) is 1. The topological polar surface area (TPSA) is 38.5 Å². The lowest BCUT2D eigenvalue weighted by Crippen LogP contribution is -2.29. The van der Waals surface area contributed by atoms with E-state index in [9.17, 15) is 0 Å². The van der Waals surface area contributed by atoms with Crippen LogP contribution in [0.5, 0.6) is 5.75 Å². The predicted octanol–water partition coefficient (Wildman–Crippen LogP) is 3.07. The summed E-state index contributed by atoms with van der Waals surface area (Å²) in [6.07, 6.45) is 2.27. The van der Waals surface area contributed by atoms with Gasteiger partial charge >= 0.3 is 0 Å². The monoisotopic (exact) mass is 298 g/mol. The molecule has 0 spiro atoms. The Labute approximate surface area is 128 Å². The van der Waals surface area contributed by atoms with Gasteiger partial charge in [0, 0.05) is 19.1 Å². The summed E-state index contributed by atoms with van der Waals surface area (Å²) in [5.74, 6) is 1.64. The van der Waals surface area contributed by atoms with Gasteiger partial charge in [-0.15, -0.1) is 12.4 Å². The third-order valence-electron chi connectivity index (χ3n) is 3.83. The van der Waals surface area contributed by atoms with Gasteiger partial charge in [0.25, 0.3) is 0 Å². The average Bonchev–Trinajstić information content (AvgIpc) is 2.85. The smallest absolute Gasteiger partial charge is 0.119 e. The molecule has 0 aromatic heterocycles. The van der Waals surface area contributed by atoms with E-state index in [0.29, 0.717) is 12.0 Å². The summed E-state index contributed by atoms with van der Waals surface area (Å²) in [5.41, 5.74) is 7.32. The summed E-state index contributed by atoms with van der Waals surface area (Å²) in [5, 5.41) is 0. The van der Waals surface area contributed by atoms with Crippen molar-refractivity contribution in [3.8, 4) is 5.75 Å². The number of rotatable bonds is 6. The maximum absolute atomic E-state index is 5.99. The van der Waals surface area contributed by atoms with Crippen molar-refractivity contribution >= 4 is 12.4 Å². The van der Waals surface area contributed by atoms with Crippen molar-refractivity contribution in [2.75, 3.05) is 19.7 Å². The van der Waals surface area contributed by atoms with Crippen molar-refractivity contribution < 1.29 is 4.74 Å². The first kappa shape index (κ1) is 17.3. The van der Waals surface area contributed by atoms with Crippen LogP contribution in [-0.4, -0.2) is 30.6 Å². The van der Waals surface area contributed by atoms with Crippen molar-refractivity contribution in [3.63, 3.8) is 0 Å². The summed E-state index contributed by atoms with van der Waals surface area (Å²) in [7, 11) is 0. The van der Waals surface area contributed by atoms with Gasteiger partial charge in [-0.25, -0.2) is 0 Å². The number of hydrogen-bond acceptors (Lipinski definition) is 3. The molecule has 0 bridgehead atoms. The molecule has 114 valence electrons. The quantitative estimate of drug-likeness (QED) is 0.877. The van der Waals surface area contributed by atoms with Crippen LogP contribution in [0.3, 0.4) is 0 Å². The molecular weight excluding hydrogens is 272 g/mol. The summed E-state index contributed by atoms with van der Waals surface area (Å²) in [6.45, 7) is 8.33. The molecule has 0 radical (unpaired) electrons. The fraction of sp³-hybridized carbons (Fsp3) is 0.625. The van der Waals surface area contributed by atoms with Crippen LogP contribution in [-0.2, 0) is 6.54 Å². The van der Waals surface area contributed by atoms with E-state index in [1.54, 1.807) is 0 Å². The Kier molecular flexibility index (Phi) is 7.35. The molecule has 2 rings (SSSR count). The van der Waals surface area contributed by atoms with Gasteiger partial charge in [0.1, 0.15) is 5.75 Å². The molecule has 2 N–H and O–H groups in total. The van der Waals surface area contributed by atoms with Gasteiger partial charge in [0.05, 0.1) is 6.61 Å². The average molecular weight is 299 g/mol. The zero-order chi connectivity index (χ0) is 13.7. The molecule has 0 aliphatic carbocycles. The summed E-state index contributed by atoms with van der Waals surface area (Å²) in [4.78, 5) is 2.49. The zero-order valence-corrected chi connectivity index (χ0v) is 13.4. The molecule has 1 aromatic rings. The van der Waals surface area contributed by atoms with Gasteiger partial charge in [0.2, 0.25) is 0 Å². The first-order valence-electron chi connectivity index (χ1n) is 7.38. The Morgan fingerprint density at radius 1 is 1.45 bits per heavy atom. The highest BCUT2D eigenvalue weighted by molar-refractivity contribution is 5.85.